The van der Waals surface area contributed by atoms with Gasteiger partial charge in [-0.15, -0.1) is 0 Å². The van der Waals surface area contributed by atoms with Crippen LogP contribution in [0.1, 0.15) is 11.3 Å². The molecule has 1 aromatic heterocycles. The monoisotopic (exact) mass is 400 g/mol. The van der Waals surface area contributed by atoms with E-state index in [2.05, 4.69) is 54.3 Å². The summed E-state index contributed by atoms with van der Waals surface area (Å²) in [6.07, 6.45) is 0. The van der Waals surface area contributed by atoms with Gasteiger partial charge in [-0.3, -0.25) is 0 Å². The number of furan rings is 1. The van der Waals surface area contributed by atoms with Gasteiger partial charge in [0.05, 0.1) is 7.11 Å². The largest absolute Gasteiger partial charge is 0.497 e. The highest BCUT2D eigenvalue weighted by atomic mass is 16.5. The van der Waals surface area contributed by atoms with Crippen molar-refractivity contribution < 1.29 is 9.15 Å². The topological polar surface area (TPSA) is 22.4 Å². The first-order valence-corrected chi connectivity index (χ1v) is 10.2. The van der Waals surface area contributed by atoms with Crippen molar-refractivity contribution in [1.29, 1.82) is 0 Å². The van der Waals surface area contributed by atoms with Crippen LogP contribution in [0.3, 0.4) is 0 Å². The predicted octanol–water partition coefficient (Wildman–Crippen LogP) is 7.18. The second-order valence-electron chi connectivity index (χ2n) is 7.22. The van der Waals surface area contributed by atoms with Crippen LogP contribution in [0.25, 0.3) is 33.2 Å². The normalized spacial score (nSPS) is 10.5. The molecule has 1 heterocycles. The lowest BCUT2D eigenvalue weighted by molar-refractivity contribution is 0.415. The van der Waals surface area contributed by atoms with Gasteiger partial charge in [0.25, 0.3) is 0 Å². The number of benzene rings is 4. The van der Waals surface area contributed by atoms with E-state index in [0.29, 0.717) is 5.76 Å². The molecule has 31 heavy (non-hydrogen) atoms. The molecule has 0 bridgehead atoms. The van der Waals surface area contributed by atoms with E-state index in [1.165, 1.54) is 0 Å². The molecule has 0 aliphatic rings. The third kappa shape index (κ3) is 3.82. The number of hydrogen-bond acceptors (Lipinski definition) is 2. The van der Waals surface area contributed by atoms with E-state index < -0.39 is 0 Å². The van der Waals surface area contributed by atoms with E-state index in [9.17, 15) is 0 Å². The van der Waals surface area contributed by atoms with Crippen LogP contribution in [0, 0.1) is 11.8 Å². The zero-order valence-electron chi connectivity index (χ0n) is 17.1. The van der Waals surface area contributed by atoms with Crippen molar-refractivity contribution in [3.05, 3.63) is 114 Å². The van der Waals surface area contributed by atoms with Gasteiger partial charge in [0.15, 0.2) is 5.76 Å². The van der Waals surface area contributed by atoms with Crippen LogP contribution in [-0.2, 0) is 0 Å². The second kappa shape index (κ2) is 8.26. The summed E-state index contributed by atoms with van der Waals surface area (Å²) in [6.45, 7) is 0. The summed E-state index contributed by atoms with van der Waals surface area (Å²) in [4.78, 5) is 0. The van der Waals surface area contributed by atoms with E-state index in [-0.39, 0.29) is 0 Å². The molecule has 5 aromatic rings. The van der Waals surface area contributed by atoms with E-state index in [4.69, 9.17) is 9.15 Å². The standard InChI is InChI=1S/C29H20O2/c1-30-25-18-16-23(17-19-25)22-12-14-24(15-13-22)29-26-9-5-6-10-27(26)31-28(29)20-11-21-7-3-2-4-8-21/h2-10,12-19H,1H3. The Labute approximate surface area is 181 Å². The minimum atomic E-state index is 0.683. The number of fused-ring (bicyclic) bond motifs is 1. The molecule has 0 saturated carbocycles. The first kappa shape index (κ1) is 18.8. The maximum atomic E-state index is 6.13. The number of ether oxygens (including phenoxy) is 1. The molecule has 148 valence electrons. The van der Waals surface area contributed by atoms with Crippen LogP contribution >= 0.6 is 0 Å². The minimum Gasteiger partial charge on any atom is -0.497 e. The van der Waals surface area contributed by atoms with E-state index in [1.807, 2.05) is 60.7 Å². The van der Waals surface area contributed by atoms with Crippen molar-refractivity contribution in [2.24, 2.45) is 0 Å². The summed E-state index contributed by atoms with van der Waals surface area (Å²) < 4.78 is 11.4. The van der Waals surface area contributed by atoms with Crippen molar-refractivity contribution in [2.75, 3.05) is 7.11 Å². The van der Waals surface area contributed by atoms with Gasteiger partial charge in [0.2, 0.25) is 0 Å². The fraction of sp³-hybridized carbons (Fsp3) is 0.0345. The lowest BCUT2D eigenvalue weighted by atomic mass is 9.98. The highest BCUT2D eigenvalue weighted by molar-refractivity contribution is 5.97. The molecule has 0 unspecified atom stereocenters. The Morgan fingerprint density at radius 1 is 0.613 bits per heavy atom. The number of para-hydroxylation sites is 1. The van der Waals surface area contributed by atoms with Crippen molar-refractivity contribution in [1.82, 2.24) is 0 Å². The molecular weight excluding hydrogens is 380 g/mol. The summed E-state index contributed by atoms with van der Waals surface area (Å²) in [7, 11) is 1.68. The van der Waals surface area contributed by atoms with Crippen LogP contribution < -0.4 is 4.74 Å². The molecule has 0 radical (unpaired) electrons. The zero-order chi connectivity index (χ0) is 21.0. The molecule has 0 saturated heterocycles. The van der Waals surface area contributed by atoms with Gasteiger partial charge in [-0.2, -0.15) is 0 Å². The van der Waals surface area contributed by atoms with E-state index in [0.717, 1.165) is 44.5 Å². The van der Waals surface area contributed by atoms with E-state index >= 15 is 0 Å². The molecule has 2 nitrogen and oxygen atoms in total. The lowest BCUT2D eigenvalue weighted by Gasteiger charge is -2.06. The molecule has 0 fully saturated rings. The number of methoxy groups -OCH3 is 1. The quantitative estimate of drug-likeness (QED) is 0.299. The molecule has 2 heteroatoms. The second-order valence-corrected chi connectivity index (χ2v) is 7.22. The lowest BCUT2D eigenvalue weighted by Crippen LogP contribution is -1.84. The molecule has 0 N–H and O–H groups in total. The third-order valence-electron chi connectivity index (χ3n) is 5.29. The fourth-order valence-electron chi connectivity index (χ4n) is 3.68. The Hall–Kier alpha value is -4.22. The first-order valence-electron chi connectivity index (χ1n) is 10.2. The smallest absolute Gasteiger partial charge is 0.186 e. The summed E-state index contributed by atoms with van der Waals surface area (Å²) in [5.74, 6) is 8.01. The predicted molar refractivity (Wildman–Crippen MR) is 126 cm³/mol. The number of rotatable bonds is 3. The van der Waals surface area contributed by atoms with Gasteiger partial charge in [-0.05, 0) is 52.9 Å². The van der Waals surface area contributed by atoms with Crippen LogP contribution in [0.15, 0.2) is 108 Å². The van der Waals surface area contributed by atoms with Crippen LogP contribution in [0.2, 0.25) is 0 Å². The molecule has 0 atom stereocenters. The van der Waals surface area contributed by atoms with Gasteiger partial charge < -0.3 is 9.15 Å². The summed E-state index contributed by atoms with van der Waals surface area (Å²) in [6, 6.07) is 34.7. The average Bonchev–Trinajstić information content (AvgIpc) is 3.22. The van der Waals surface area contributed by atoms with Crippen molar-refractivity contribution in [2.45, 2.75) is 0 Å². The highest BCUT2D eigenvalue weighted by Gasteiger charge is 2.14. The van der Waals surface area contributed by atoms with Gasteiger partial charge in [-0.1, -0.05) is 78.7 Å². The van der Waals surface area contributed by atoms with Crippen LogP contribution in [-0.4, -0.2) is 7.11 Å². The summed E-state index contributed by atoms with van der Waals surface area (Å²) in [5, 5.41) is 1.07. The Kier molecular flexibility index (Phi) is 5.01. The zero-order valence-corrected chi connectivity index (χ0v) is 17.1. The maximum Gasteiger partial charge on any atom is 0.186 e. The molecular formula is C29H20O2. The van der Waals surface area contributed by atoms with Gasteiger partial charge in [0.1, 0.15) is 11.3 Å². The molecule has 0 aliphatic carbocycles. The van der Waals surface area contributed by atoms with Crippen LogP contribution in [0.5, 0.6) is 5.75 Å². The molecule has 4 aromatic carbocycles. The SMILES string of the molecule is COc1ccc(-c2ccc(-c3c(C#Cc4ccccc4)oc4ccccc34)cc2)cc1. The van der Waals surface area contributed by atoms with E-state index in [1.54, 1.807) is 7.11 Å². The fourth-order valence-corrected chi connectivity index (χ4v) is 3.68. The van der Waals surface area contributed by atoms with Crippen molar-refractivity contribution >= 4 is 11.0 Å². The summed E-state index contributed by atoms with van der Waals surface area (Å²) >= 11 is 0. The molecule has 0 aliphatic heterocycles. The Bertz CT molecular complexity index is 1380. The van der Waals surface area contributed by atoms with Crippen molar-refractivity contribution in [3.63, 3.8) is 0 Å². The van der Waals surface area contributed by atoms with Gasteiger partial charge in [0, 0.05) is 16.5 Å². The van der Waals surface area contributed by atoms with Gasteiger partial charge in [-0.25, -0.2) is 0 Å². The molecule has 0 spiro atoms. The Morgan fingerprint density at radius 3 is 1.94 bits per heavy atom. The van der Waals surface area contributed by atoms with Crippen LogP contribution in [0.4, 0.5) is 0 Å². The van der Waals surface area contributed by atoms with Gasteiger partial charge >= 0.3 is 0 Å². The molecule has 5 rings (SSSR count). The number of hydrogen-bond donors (Lipinski definition) is 0. The Balaban J connectivity index is 1.57. The van der Waals surface area contributed by atoms with Crippen molar-refractivity contribution in [3.8, 4) is 39.8 Å². The minimum absolute atomic E-state index is 0.683. The first-order chi connectivity index (χ1) is 15.3. The molecule has 0 amide bonds. The average molecular weight is 400 g/mol. The Morgan fingerprint density at radius 2 is 1.23 bits per heavy atom. The third-order valence-corrected chi connectivity index (χ3v) is 5.29. The highest BCUT2D eigenvalue weighted by Crippen LogP contribution is 2.35. The maximum absolute atomic E-state index is 6.13. The summed E-state index contributed by atoms with van der Waals surface area (Å²) in [5.41, 5.74) is 6.21.